The number of carboxylic acid groups (broad SMARTS) is 1. The highest BCUT2D eigenvalue weighted by molar-refractivity contribution is 5.98. The first-order valence-electron chi connectivity index (χ1n) is 6.98. The number of carboxylic acids is 1. The summed E-state index contributed by atoms with van der Waals surface area (Å²) in [5, 5.41) is 9.34. The van der Waals surface area contributed by atoms with Crippen molar-refractivity contribution in [2.75, 3.05) is 24.5 Å². The van der Waals surface area contributed by atoms with Gasteiger partial charge in [-0.3, -0.25) is 9.69 Å². The van der Waals surface area contributed by atoms with E-state index in [1.54, 1.807) is 28.0 Å². The molecule has 0 radical (unpaired) electrons. The lowest BCUT2D eigenvalue weighted by molar-refractivity contribution is -0.138. The van der Waals surface area contributed by atoms with Crippen LogP contribution in [-0.2, 0) is 4.79 Å². The van der Waals surface area contributed by atoms with E-state index in [9.17, 15) is 14.7 Å². The SMILES string of the molecule is C=C(C)CN(CC)C(=O)N1CC(C(=O)O)c2ccccc21. The molecule has 5 nitrogen and oxygen atoms in total. The Balaban J connectivity index is 2.31. The molecule has 0 saturated heterocycles. The molecular weight excluding hydrogens is 268 g/mol. The van der Waals surface area contributed by atoms with E-state index in [0.717, 1.165) is 5.57 Å². The van der Waals surface area contributed by atoms with Crippen LogP contribution in [0.5, 0.6) is 0 Å². The lowest BCUT2D eigenvalue weighted by atomic mass is 10.0. The standard InChI is InChI=1S/C16H20N2O3/c1-4-17(9-11(2)3)16(21)18-10-13(15(19)20)12-7-5-6-8-14(12)18/h5-8,13H,2,4,9-10H2,1,3H3,(H,19,20). The molecule has 2 rings (SSSR count). The minimum absolute atomic E-state index is 0.170. The van der Waals surface area contributed by atoms with Crippen LogP contribution in [0.3, 0.4) is 0 Å². The number of aliphatic carboxylic acids is 1. The predicted molar refractivity (Wildman–Crippen MR) is 81.6 cm³/mol. The van der Waals surface area contributed by atoms with Crippen LogP contribution in [0.2, 0.25) is 0 Å². The number of likely N-dealkylation sites (N-methyl/N-ethyl adjacent to an activating group) is 1. The van der Waals surface area contributed by atoms with E-state index in [1.807, 2.05) is 19.9 Å². The highest BCUT2D eigenvalue weighted by Crippen LogP contribution is 2.36. The third-order valence-electron chi connectivity index (χ3n) is 3.61. The summed E-state index contributed by atoms with van der Waals surface area (Å²) < 4.78 is 0. The lowest BCUT2D eigenvalue weighted by Crippen LogP contribution is -2.43. The maximum Gasteiger partial charge on any atom is 0.324 e. The molecule has 0 spiro atoms. The summed E-state index contributed by atoms with van der Waals surface area (Å²) in [6.07, 6.45) is 0. The Bertz CT molecular complexity index is 583. The van der Waals surface area contributed by atoms with Crippen LogP contribution in [-0.4, -0.2) is 41.6 Å². The Kier molecular flexibility index (Phi) is 4.31. The van der Waals surface area contributed by atoms with Crippen molar-refractivity contribution in [2.24, 2.45) is 0 Å². The maximum absolute atomic E-state index is 12.7. The van der Waals surface area contributed by atoms with Crippen LogP contribution < -0.4 is 4.90 Å². The molecule has 1 heterocycles. The number of nitrogens with zero attached hydrogens (tertiary/aromatic N) is 2. The second-order valence-corrected chi connectivity index (χ2v) is 5.31. The maximum atomic E-state index is 12.7. The Morgan fingerprint density at radius 1 is 1.43 bits per heavy atom. The minimum atomic E-state index is -0.902. The number of benzene rings is 1. The van der Waals surface area contributed by atoms with Gasteiger partial charge in [0.1, 0.15) is 5.92 Å². The number of urea groups is 1. The first-order chi connectivity index (χ1) is 9.95. The lowest BCUT2D eigenvalue weighted by Gasteiger charge is -2.27. The predicted octanol–water partition coefficient (Wildman–Crippen LogP) is 2.69. The van der Waals surface area contributed by atoms with Gasteiger partial charge in [-0.15, -0.1) is 0 Å². The number of amides is 2. The van der Waals surface area contributed by atoms with Gasteiger partial charge >= 0.3 is 12.0 Å². The summed E-state index contributed by atoms with van der Waals surface area (Å²) in [5.74, 6) is -1.56. The molecule has 0 bridgehead atoms. The minimum Gasteiger partial charge on any atom is -0.481 e. The Morgan fingerprint density at radius 2 is 2.10 bits per heavy atom. The van der Waals surface area contributed by atoms with Gasteiger partial charge in [0, 0.05) is 25.3 Å². The Morgan fingerprint density at radius 3 is 2.67 bits per heavy atom. The molecule has 1 atom stereocenters. The zero-order valence-electron chi connectivity index (χ0n) is 12.4. The second kappa shape index (κ2) is 5.99. The van der Waals surface area contributed by atoms with Crippen molar-refractivity contribution in [3.63, 3.8) is 0 Å². The van der Waals surface area contributed by atoms with E-state index in [1.165, 1.54) is 0 Å². The van der Waals surface area contributed by atoms with Gasteiger partial charge in [0.25, 0.3) is 0 Å². The molecule has 5 heteroatoms. The van der Waals surface area contributed by atoms with E-state index in [0.29, 0.717) is 24.3 Å². The zero-order valence-corrected chi connectivity index (χ0v) is 12.4. The molecule has 21 heavy (non-hydrogen) atoms. The monoisotopic (exact) mass is 288 g/mol. The molecule has 1 aromatic rings. The molecule has 0 fully saturated rings. The molecule has 2 amide bonds. The smallest absolute Gasteiger partial charge is 0.324 e. The van der Waals surface area contributed by atoms with Crippen molar-refractivity contribution in [3.8, 4) is 0 Å². The van der Waals surface area contributed by atoms with Crippen LogP contribution in [0.25, 0.3) is 0 Å². The summed E-state index contributed by atoms with van der Waals surface area (Å²) >= 11 is 0. The van der Waals surface area contributed by atoms with Gasteiger partial charge in [0.15, 0.2) is 0 Å². The number of carbonyl (C=O) groups excluding carboxylic acids is 1. The first-order valence-corrected chi connectivity index (χ1v) is 6.98. The van der Waals surface area contributed by atoms with Gasteiger partial charge in [0.05, 0.1) is 0 Å². The summed E-state index contributed by atoms with van der Waals surface area (Å²) in [5.41, 5.74) is 2.28. The van der Waals surface area contributed by atoms with Crippen LogP contribution in [0.15, 0.2) is 36.4 Å². The fourth-order valence-corrected chi connectivity index (χ4v) is 2.61. The highest BCUT2D eigenvalue weighted by atomic mass is 16.4. The Labute approximate surface area is 124 Å². The molecule has 1 aliphatic heterocycles. The topological polar surface area (TPSA) is 60.9 Å². The van der Waals surface area contributed by atoms with Crippen molar-refractivity contribution in [2.45, 2.75) is 19.8 Å². The molecular formula is C16H20N2O3. The second-order valence-electron chi connectivity index (χ2n) is 5.31. The summed E-state index contributed by atoms with van der Waals surface area (Å²) in [6, 6.07) is 7.02. The summed E-state index contributed by atoms with van der Waals surface area (Å²) in [4.78, 5) is 27.3. The molecule has 1 aromatic carbocycles. The van der Waals surface area contributed by atoms with Gasteiger partial charge in [-0.25, -0.2) is 4.79 Å². The number of para-hydroxylation sites is 1. The van der Waals surface area contributed by atoms with E-state index < -0.39 is 11.9 Å². The molecule has 1 aliphatic rings. The van der Waals surface area contributed by atoms with Crippen molar-refractivity contribution in [3.05, 3.63) is 42.0 Å². The first kappa shape index (κ1) is 15.1. The summed E-state index contributed by atoms with van der Waals surface area (Å²) in [7, 11) is 0. The van der Waals surface area contributed by atoms with Crippen LogP contribution >= 0.6 is 0 Å². The highest BCUT2D eigenvalue weighted by Gasteiger charge is 2.37. The fraction of sp³-hybridized carbons (Fsp3) is 0.375. The van der Waals surface area contributed by atoms with Crippen LogP contribution in [0, 0.1) is 0 Å². The number of hydrogen-bond acceptors (Lipinski definition) is 2. The van der Waals surface area contributed by atoms with Crippen molar-refractivity contribution in [1.82, 2.24) is 4.90 Å². The van der Waals surface area contributed by atoms with Gasteiger partial charge in [-0.1, -0.05) is 30.4 Å². The Hall–Kier alpha value is -2.30. The van der Waals surface area contributed by atoms with E-state index >= 15 is 0 Å². The third-order valence-corrected chi connectivity index (χ3v) is 3.61. The number of carbonyl (C=O) groups is 2. The van der Waals surface area contributed by atoms with Crippen molar-refractivity contribution >= 4 is 17.7 Å². The molecule has 0 saturated carbocycles. The van der Waals surface area contributed by atoms with Crippen molar-refractivity contribution in [1.29, 1.82) is 0 Å². The van der Waals surface area contributed by atoms with Gasteiger partial charge in [-0.05, 0) is 25.5 Å². The van der Waals surface area contributed by atoms with Gasteiger partial charge in [-0.2, -0.15) is 0 Å². The van der Waals surface area contributed by atoms with Crippen molar-refractivity contribution < 1.29 is 14.7 Å². The average Bonchev–Trinajstić information content (AvgIpc) is 2.83. The molecule has 1 unspecified atom stereocenters. The van der Waals surface area contributed by atoms with Gasteiger partial charge < -0.3 is 10.0 Å². The fourth-order valence-electron chi connectivity index (χ4n) is 2.61. The normalized spacial score (nSPS) is 16.5. The number of fused-ring (bicyclic) bond motifs is 1. The quantitative estimate of drug-likeness (QED) is 0.866. The number of anilines is 1. The molecule has 1 N–H and O–H groups in total. The molecule has 0 aromatic heterocycles. The molecule has 0 aliphatic carbocycles. The summed E-state index contributed by atoms with van der Waals surface area (Å²) in [6.45, 7) is 8.82. The van der Waals surface area contributed by atoms with Crippen LogP contribution in [0.1, 0.15) is 25.3 Å². The largest absolute Gasteiger partial charge is 0.481 e. The third kappa shape index (κ3) is 2.91. The van der Waals surface area contributed by atoms with Crippen LogP contribution in [0.4, 0.5) is 10.5 Å². The zero-order chi connectivity index (χ0) is 15.6. The van der Waals surface area contributed by atoms with E-state index in [2.05, 4.69) is 6.58 Å². The van der Waals surface area contributed by atoms with Gasteiger partial charge in [0.2, 0.25) is 0 Å². The average molecular weight is 288 g/mol. The molecule has 112 valence electrons. The van der Waals surface area contributed by atoms with E-state index in [-0.39, 0.29) is 12.6 Å². The van der Waals surface area contributed by atoms with E-state index in [4.69, 9.17) is 0 Å². The number of hydrogen-bond donors (Lipinski definition) is 1. The number of rotatable bonds is 4.